The van der Waals surface area contributed by atoms with E-state index in [2.05, 4.69) is 10.3 Å². The van der Waals surface area contributed by atoms with Gasteiger partial charge in [0.2, 0.25) is 5.76 Å². The summed E-state index contributed by atoms with van der Waals surface area (Å²) in [6.45, 7) is 0. The zero-order valence-electron chi connectivity index (χ0n) is 8.18. The third-order valence-electron chi connectivity index (χ3n) is 1.91. The molecule has 0 spiro atoms. The van der Waals surface area contributed by atoms with E-state index >= 15 is 0 Å². The van der Waals surface area contributed by atoms with E-state index in [4.69, 9.17) is 9.68 Å². The molecule has 0 atom stereocenters. The predicted molar refractivity (Wildman–Crippen MR) is 55.6 cm³/mol. The first-order valence-electron chi connectivity index (χ1n) is 4.49. The zero-order valence-corrected chi connectivity index (χ0v) is 8.18. The molecule has 0 fully saturated rings. The number of carbonyl (C=O) groups excluding carboxylic acids is 1. The lowest BCUT2D eigenvalue weighted by atomic mass is 10.2. The van der Waals surface area contributed by atoms with E-state index in [1.165, 1.54) is 12.6 Å². The molecule has 2 aromatic rings. The van der Waals surface area contributed by atoms with Crippen LogP contribution in [0.1, 0.15) is 16.1 Å². The standard InChI is InChI=1S/C11H7N3O2/c12-5-8-2-1-3-9(4-8)14-11(15)10-6-13-7-16-10/h1-4,6-7H,(H,14,15). The van der Waals surface area contributed by atoms with Gasteiger partial charge in [0.25, 0.3) is 5.91 Å². The van der Waals surface area contributed by atoms with Crippen molar-refractivity contribution in [2.45, 2.75) is 0 Å². The number of nitrogens with one attached hydrogen (secondary N) is 1. The summed E-state index contributed by atoms with van der Waals surface area (Å²) in [6.07, 6.45) is 2.50. The highest BCUT2D eigenvalue weighted by Crippen LogP contribution is 2.11. The number of hydrogen-bond donors (Lipinski definition) is 1. The molecule has 1 aromatic heterocycles. The molecule has 0 saturated carbocycles. The molecular formula is C11H7N3O2. The number of nitriles is 1. The summed E-state index contributed by atoms with van der Waals surface area (Å²) in [7, 11) is 0. The van der Waals surface area contributed by atoms with Crippen LogP contribution in [0.4, 0.5) is 5.69 Å². The Labute approximate surface area is 91.3 Å². The molecule has 0 radical (unpaired) electrons. The first-order chi connectivity index (χ1) is 7.79. The van der Waals surface area contributed by atoms with E-state index in [9.17, 15) is 4.79 Å². The topological polar surface area (TPSA) is 78.9 Å². The van der Waals surface area contributed by atoms with E-state index in [1.807, 2.05) is 6.07 Å². The van der Waals surface area contributed by atoms with Crippen molar-refractivity contribution in [1.82, 2.24) is 4.98 Å². The maximum atomic E-state index is 11.5. The quantitative estimate of drug-likeness (QED) is 0.824. The zero-order chi connectivity index (χ0) is 11.4. The van der Waals surface area contributed by atoms with Crippen molar-refractivity contribution in [2.24, 2.45) is 0 Å². The monoisotopic (exact) mass is 213 g/mol. The van der Waals surface area contributed by atoms with Gasteiger partial charge in [0.15, 0.2) is 6.39 Å². The van der Waals surface area contributed by atoms with Crippen LogP contribution in [-0.2, 0) is 0 Å². The largest absolute Gasteiger partial charge is 0.438 e. The lowest BCUT2D eigenvalue weighted by molar-refractivity contribution is 0.0996. The summed E-state index contributed by atoms with van der Waals surface area (Å²) in [5.74, 6) is -0.269. The molecule has 0 unspecified atom stereocenters. The van der Waals surface area contributed by atoms with Gasteiger partial charge in [-0.1, -0.05) is 6.07 Å². The Morgan fingerprint density at radius 3 is 3.06 bits per heavy atom. The number of anilines is 1. The Bertz CT molecular complexity index is 541. The highest BCUT2D eigenvalue weighted by Gasteiger charge is 2.09. The molecule has 78 valence electrons. The molecule has 0 aliphatic heterocycles. The fraction of sp³-hybridized carbons (Fsp3) is 0. The fourth-order valence-electron chi connectivity index (χ4n) is 1.19. The third-order valence-corrected chi connectivity index (χ3v) is 1.91. The van der Waals surface area contributed by atoms with Gasteiger partial charge >= 0.3 is 0 Å². The minimum Gasteiger partial charge on any atom is -0.438 e. The van der Waals surface area contributed by atoms with Gasteiger partial charge in [0, 0.05) is 5.69 Å². The van der Waals surface area contributed by atoms with Crippen LogP contribution < -0.4 is 5.32 Å². The van der Waals surface area contributed by atoms with Crippen LogP contribution in [0.25, 0.3) is 0 Å². The van der Waals surface area contributed by atoms with Gasteiger partial charge in [-0.15, -0.1) is 0 Å². The molecule has 1 amide bonds. The number of nitrogens with zero attached hydrogens (tertiary/aromatic N) is 2. The summed E-state index contributed by atoms with van der Waals surface area (Å²) in [6, 6.07) is 8.60. The van der Waals surface area contributed by atoms with Crippen LogP contribution >= 0.6 is 0 Å². The van der Waals surface area contributed by atoms with Gasteiger partial charge in [-0.3, -0.25) is 4.79 Å². The maximum Gasteiger partial charge on any atom is 0.293 e. The lowest BCUT2D eigenvalue weighted by Gasteiger charge is -2.02. The molecule has 1 N–H and O–H groups in total. The minimum absolute atomic E-state index is 0.127. The van der Waals surface area contributed by atoms with Crippen molar-refractivity contribution in [3.8, 4) is 6.07 Å². The number of rotatable bonds is 2. The highest BCUT2D eigenvalue weighted by molar-refractivity contribution is 6.02. The third kappa shape index (κ3) is 2.07. The van der Waals surface area contributed by atoms with Gasteiger partial charge in [-0.05, 0) is 18.2 Å². The van der Waals surface area contributed by atoms with E-state index in [0.29, 0.717) is 11.3 Å². The molecule has 16 heavy (non-hydrogen) atoms. The molecule has 0 saturated heterocycles. The van der Waals surface area contributed by atoms with E-state index < -0.39 is 5.91 Å². The van der Waals surface area contributed by atoms with Crippen molar-refractivity contribution in [3.05, 3.63) is 48.2 Å². The number of amides is 1. The molecule has 5 nitrogen and oxygen atoms in total. The van der Waals surface area contributed by atoms with Crippen LogP contribution in [0.2, 0.25) is 0 Å². The van der Waals surface area contributed by atoms with Crippen molar-refractivity contribution in [2.75, 3.05) is 5.32 Å². The Hall–Kier alpha value is -2.61. The number of carbonyl (C=O) groups is 1. The van der Waals surface area contributed by atoms with E-state index in [1.54, 1.807) is 24.3 Å². The van der Waals surface area contributed by atoms with Gasteiger partial charge in [-0.2, -0.15) is 5.26 Å². The molecule has 1 aromatic carbocycles. The Morgan fingerprint density at radius 2 is 2.38 bits per heavy atom. The van der Waals surface area contributed by atoms with Crippen LogP contribution in [0.3, 0.4) is 0 Å². The van der Waals surface area contributed by atoms with Gasteiger partial charge in [-0.25, -0.2) is 4.98 Å². The first kappa shape index (κ1) is 9.93. The molecule has 5 heteroatoms. The molecule has 0 aliphatic carbocycles. The van der Waals surface area contributed by atoms with Crippen molar-refractivity contribution >= 4 is 11.6 Å². The van der Waals surface area contributed by atoms with Crippen LogP contribution in [0, 0.1) is 11.3 Å². The summed E-state index contributed by atoms with van der Waals surface area (Å²) in [5.41, 5.74) is 1.02. The molecule has 0 aliphatic rings. The van der Waals surface area contributed by atoms with Gasteiger partial charge in [0.05, 0.1) is 17.8 Å². The van der Waals surface area contributed by atoms with Crippen molar-refractivity contribution in [3.63, 3.8) is 0 Å². The Balaban J connectivity index is 2.16. The number of oxazole rings is 1. The highest BCUT2D eigenvalue weighted by atomic mass is 16.3. The average molecular weight is 213 g/mol. The summed E-state index contributed by atoms with van der Waals surface area (Å²) >= 11 is 0. The Morgan fingerprint density at radius 1 is 1.50 bits per heavy atom. The van der Waals surface area contributed by atoms with Gasteiger partial charge in [0.1, 0.15) is 0 Å². The van der Waals surface area contributed by atoms with Crippen LogP contribution in [-0.4, -0.2) is 10.9 Å². The van der Waals surface area contributed by atoms with Crippen LogP contribution in [0.5, 0.6) is 0 Å². The normalized spacial score (nSPS) is 9.44. The van der Waals surface area contributed by atoms with Crippen molar-refractivity contribution < 1.29 is 9.21 Å². The second kappa shape index (κ2) is 4.28. The summed E-state index contributed by atoms with van der Waals surface area (Å²) < 4.78 is 4.84. The number of benzene rings is 1. The summed E-state index contributed by atoms with van der Waals surface area (Å²) in [4.78, 5) is 15.2. The second-order valence-electron chi connectivity index (χ2n) is 3.01. The number of hydrogen-bond acceptors (Lipinski definition) is 4. The van der Waals surface area contributed by atoms with Crippen LogP contribution in [0.15, 0.2) is 41.3 Å². The SMILES string of the molecule is N#Cc1cccc(NC(=O)c2cnco2)c1. The second-order valence-corrected chi connectivity index (χ2v) is 3.01. The molecule has 1 heterocycles. The number of aromatic nitrogens is 1. The molecular weight excluding hydrogens is 206 g/mol. The maximum absolute atomic E-state index is 11.5. The van der Waals surface area contributed by atoms with Crippen molar-refractivity contribution in [1.29, 1.82) is 5.26 Å². The molecule has 0 bridgehead atoms. The Kier molecular flexibility index (Phi) is 2.65. The first-order valence-corrected chi connectivity index (χ1v) is 4.49. The average Bonchev–Trinajstić information content (AvgIpc) is 2.83. The smallest absolute Gasteiger partial charge is 0.293 e. The lowest BCUT2D eigenvalue weighted by Crippen LogP contribution is -2.10. The van der Waals surface area contributed by atoms with Gasteiger partial charge < -0.3 is 9.73 Å². The molecule has 2 rings (SSSR count). The summed E-state index contributed by atoms with van der Waals surface area (Å²) in [5, 5.41) is 11.3. The van der Waals surface area contributed by atoms with E-state index in [-0.39, 0.29) is 5.76 Å². The van der Waals surface area contributed by atoms with E-state index in [0.717, 1.165) is 0 Å². The fourth-order valence-corrected chi connectivity index (χ4v) is 1.19. The minimum atomic E-state index is -0.396. The predicted octanol–water partition coefficient (Wildman–Crippen LogP) is 1.80.